The van der Waals surface area contributed by atoms with E-state index in [1.165, 1.54) is 0 Å². The number of aryl methyl sites for hydroxylation is 2. The highest BCUT2D eigenvalue weighted by atomic mass is 16.2. The lowest BCUT2D eigenvalue weighted by Gasteiger charge is -2.15. The lowest BCUT2D eigenvalue weighted by molar-refractivity contribution is -0.115. The summed E-state index contributed by atoms with van der Waals surface area (Å²) in [6.45, 7) is 7.56. The van der Waals surface area contributed by atoms with Gasteiger partial charge in [-0.25, -0.2) is 4.79 Å². The van der Waals surface area contributed by atoms with Crippen molar-refractivity contribution in [2.24, 2.45) is 0 Å². The molecule has 0 aliphatic rings. The van der Waals surface area contributed by atoms with Crippen LogP contribution in [-0.2, 0) is 11.2 Å². The standard InChI is InChI=1S/C18H25N5O2/c1-5-17(24)21-16-10-14(7-6-11(16)2)20-18(25)19-12(3)8-15-9-13(4)22-23-15/h6-7,9-10,12H,5,8H2,1-4H3,(H,21,24)(H,22,23)(H2,19,20,25). The van der Waals surface area contributed by atoms with Gasteiger partial charge in [0.25, 0.3) is 0 Å². The van der Waals surface area contributed by atoms with E-state index in [9.17, 15) is 9.59 Å². The van der Waals surface area contributed by atoms with E-state index in [0.29, 0.717) is 24.2 Å². The van der Waals surface area contributed by atoms with Gasteiger partial charge in [-0.3, -0.25) is 9.89 Å². The summed E-state index contributed by atoms with van der Waals surface area (Å²) in [6.07, 6.45) is 1.05. The molecule has 0 radical (unpaired) electrons. The SMILES string of the molecule is CCC(=O)Nc1cc(NC(=O)NC(C)Cc2cc(C)[nH]n2)ccc1C. The number of carbonyl (C=O) groups excluding carboxylic acids is 2. The molecule has 1 aromatic heterocycles. The van der Waals surface area contributed by atoms with E-state index in [1.54, 1.807) is 19.1 Å². The molecule has 0 aliphatic heterocycles. The third-order valence-corrected chi connectivity index (χ3v) is 3.74. The summed E-state index contributed by atoms with van der Waals surface area (Å²) >= 11 is 0. The number of hydrogen-bond donors (Lipinski definition) is 4. The molecular weight excluding hydrogens is 318 g/mol. The molecule has 0 aliphatic carbocycles. The van der Waals surface area contributed by atoms with Crippen LogP contribution in [0.5, 0.6) is 0 Å². The van der Waals surface area contributed by atoms with E-state index in [4.69, 9.17) is 0 Å². The van der Waals surface area contributed by atoms with Gasteiger partial charge < -0.3 is 16.0 Å². The Morgan fingerprint density at radius 1 is 1.20 bits per heavy atom. The van der Waals surface area contributed by atoms with Gasteiger partial charge in [0.05, 0.1) is 5.69 Å². The fourth-order valence-corrected chi connectivity index (χ4v) is 2.41. The summed E-state index contributed by atoms with van der Waals surface area (Å²) in [5.74, 6) is -0.0624. The molecule has 0 saturated carbocycles. The molecule has 7 heteroatoms. The Labute approximate surface area is 147 Å². The summed E-state index contributed by atoms with van der Waals surface area (Å²) < 4.78 is 0. The van der Waals surface area contributed by atoms with Crippen LogP contribution in [-0.4, -0.2) is 28.2 Å². The average Bonchev–Trinajstić information content (AvgIpc) is 2.95. The summed E-state index contributed by atoms with van der Waals surface area (Å²) in [6, 6.07) is 7.02. The summed E-state index contributed by atoms with van der Waals surface area (Å²) in [5.41, 5.74) is 4.16. The molecule has 1 unspecified atom stereocenters. The number of amides is 3. The molecule has 0 fully saturated rings. The van der Waals surface area contributed by atoms with Crippen LogP contribution in [0, 0.1) is 13.8 Å². The minimum atomic E-state index is -0.295. The van der Waals surface area contributed by atoms with Gasteiger partial charge >= 0.3 is 6.03 Å². The van der Waals surface area contributed by atoms with E-state index in [2.05, 4.69) is 26.1 Å². The van der Waals surface area contributed by atoms with Crippen LogP contribution in [0.4, 0.5) is 16.2 Å². The maximum absolute atomic E-state index is 12.2. The Hall–Kier alpha value is -2.83. The first-order chi connectivity index (χ1) is 11.9. The zero-order chi connectivity index (χ0) is 18.4. The Morgan fingerprint density at radius 2 is 1.96 bits per heavy atom. The number of anilines is 2. The predicted octanol–water partition coefficient (Wildman–Crippen LogP) is 3.13. The highest BCUT2D eigenvalue weighted by Crippen LogP contribution is 2.20. The number of rotatable bonds is 6. The summed E-state index contributed by atoms with van der Waals surface area (Å²) in [5, 5.41) is 15.6. The quantitative estimate of drug-likeness (QED) is 0.648. The van der Waals surface area contributed by atoms with Crippen LogP contribution >= 0.6 is 0 Å². The molecule has 1 aromatic carbocycles. The highest BCUT2D eigenvalue weighted by Gasteiger charge is 2.11. The third-order valence-electron chi connectivity index (χ3n) is 3.74. The lowest BCUT2D eigenvalue weighted by Crippen LogP contribution is -2.37. The van der Waals surface area contributed by atoms with Crippen molar-refractivity contribution in [3.8, 4) is 0 Å². The van der Waals surface area contributed by atoms with Crippen molar-refractivity contribution in [2.45, 2.75) is 46.6 Å². The number of urea groups is 1. The van der Waals surface area contributed by atoms with Gasteiger partial charge in [-0.05, 0) is 44.5 Å². The molecule has 134 valence electrons. The normalized spacial score (nSPS) is 11.7. The maximum Gasteiger partial charge on any atom is 0.319 e. The number of carbonyl (C=O) groups is 2. The van der Waals surface area contributed by atoms with E-state index in [-0.39, 0.29) is 18.0 Å². The maximum atomic E-state index is 12.2. The number of benzene rings is 1. The monoisotopic (exact) mass is 343 g/mol. The van der Waals surface area contributed by atoms with Crippen molar-refractivity contribution in [3.63, 3.8) is 0 Å². The van der Waals surface area contributed by atoms with Crippen molar-refractivity contribution in [3.05, 3.63) is 41.2 Å². The molecule has 0 saturated heterocycles. The minimum absolute atomic E-state index is 0.0624. The Kier molecular flexibility index (Phi) is 6.16. The van der Waals surface area contributed by atoms with Gasteiger partial charge in [0.15, 0.2) is 0 Å². The number of nitrogens with zero attached hydrogens (tertiary/aromatic N) is 1. The second-order valence-electron chi connectivity index (χ2n) is 6.18. The Balaban J connectivity index is 1.93. The van der Waals surface area contributed by atoms with Crippen molar-refractivity contribution in [2.75, 3.05) is 10.6 Å². The van der Waals surface area contributed by atoms with Gasteiger partial charge in [0.1, 0.15) is 0 Å². The Bertz CT molecular complexity index is 754. The number of nitrogens with one attached hydrogen (secondary N) is 4. The molecule has 25 heavy (non-hydrogen) atoms. The number of aromatic nitrogens is 2. The van der Waals surface area contributed by atoms with E-state index >= 15 is 0 Å². The summed E-state index contributed by atoms with van der Waals surface area (Å²) in [4.78, 5) is 23.7. The zero-order valence-corrected chi connectivity index (χ0v) is 15.1. The average molecular weight is 343 g/mol. The van der Waals surface area contributed by atoms with Crippen LogP contribution in [0.2, 0.25) is 0 Å². The number of H-pyrrole nitrogens is 1. The fraction of sp³-hybridized carbons (Fsp3) is 0.389. The number of hydrogen-bond acceptors (Lipinski definition) is 3. The van der Waals surface area contributed by atoms with Crippen molar-refractivity contribution in [1.29, 1.82) is 0 Å². The largest absolute Gasteiger partial charge is 0.335 e. The number of aromatic amines is 1. The molecule has 7 nitrogen and oxygen atoms in total. The fourth-order valence-electron chi connectivity index (χ4n) is 2.41. The van der Waals surface area contributed by atoms with Gasteiger partial charge in [0.2, 0.25) is 5.91 Å². The highest BCUT2D eigenvalue weighted by molar-refractivity contribution is 5.94. The lowest BCUT2D eigenvalue weighted by atomic mass is 10.1. The van der Waals surface area contributed by atoms with Crippen LogP contribution in [0.15, 0.2) is 24.3 Å². The van der Waals surface area contributed by atoms with Gasteiger partial charge in [-0.15, -0.1) is 0 Å². The second kappa shape index (κ2) is 8.32. The topological polar surface area (TPSA) is 98.9 Å². The van der Waals surface area contributed by atoms with Gasteiger partial charge in [-0.2, -0.15) is 5.10 Å². The van der Waals surface area contributed by atoms with Crippen molar-refractivity contribution in [1.82, 2.24) is 15.5 Å². The molecule has 1 heterocycles. The first kappa shape index (κ1) is 18.5. The van der Waals surface area contributed by atoms with Crippen LogP contribution < -0.4 is 16.0 Å². The zero-order valence-electron chi connectivity index (χ0n) is 15.1. The smallest absolute Gasteiger partial charge is 0.319 e. The molecule has 1 atom stereocenters. The summed E-state index contributed by atoms with van der Waals surface area (Å²) in [7, 11) is 0. The second-order valence-corrected chi connectivity index (χ2v) is 6.18. The van der Waals surface area contributed by atoms with E-state index < -0.39 is 0 Å². The molecular formula is C18H25N5O2. The first-order valence-corrected chi connectivity index (χ1v) is 8.36. The van der Waals surface area contributed by atoms with Gasteiger partial charge in [-0.1, -0.05) is 13.0 Å². The van der Waals surface area contributed by atoms with E-state index in [0.717, 1.165) is 17.0 Å². The molecule has 2 rings (SSSR count). The predicted molar refractivity (Wildman–Crippen MR) is 98.7 cm³/mol. The first-order valence-electron chi connectivity index (χ1n) is 8.36. The minimum Gasteiger partial charge on any atom is -0.335 e. The van der Waals surface area contributed by atoms with Gasteiger partial charge in [0, 0.05) is 36.0 Å². The molecule has 3 amide bonds. The van der Waals surface area contributed by atoms with Crippen LogP contribution in [0.25, 0.3) is 0 Å². The van der Waals surface area contributed by atoms with Crippen LogP contribution in [0.1, 0.15) is 37.2 Å². The molecule has 0 bridgehead atoms. The van der Waals surface area contributed by atoms with Crippen LogP contribution in [0.3, 0.4) is 0 Å². The molecule has 2 aromatic rings. The molecule has 4 N–H and O–H groups in total. The third kappa shape index (κ3) is 5.63. The van der Waals surface area contributed by atoms with Crippen molar-refractivity contribution >= 4 is 23.3 Å². The Morgan fingerprint density at radius 3 is 2.60 bits per heavy atom. The molecule has 0 spiro atoms. The van der Waals surface area contributed by atoms with Crippen molar-refractivity contribution < 1.29 is 9.59 Å². The van der Waals surface area contributed by atoms with E-state index in [1.807, 2.05) is 32.9 Å².